The molecule has 1 aliphatic rings. The van der Waals surface area contributed by atoms with Gasteiger partial charge >= 0.3 is 0 Å². The fourth-order valence-corrected chi connectivity index (χ4v) is 2.04. The summed E-state index contributed by atoms with van der Waals surface area (Å²) in [6, 6.07) is 0. The summed E-state index contributed by atoms with van der Waals surface area (Å²) in [6.07, 6.45) is 5.39. The van der Waals surface area contributed by atoms with Gasteiger partial charge in [0.05, 0.1) is 12.1 Å². The quantitative estimate of drug-likeness (QED) is 0.774. The smallest absolute Gasteiger partial charge is 0.254 e. The minimum atomic E-state index is -0.261. The predicted octanol–water partition coefficient (Wildman–Crippen LogP) is -0.480. The van der Waals surface area contributed by atoms with E-state index < -0.39 is 0 Å². The standard InChI is InChI=1S/C11H14N8O/c20-10(12-7-9-15-17-18-16-9)8-5-13-11(14-6-8)19-3-1-2-4-19/h5-6H,1-4,7H2,(H,12,20)(H,15,16,17,18). The molecule has 0 aromatic carbocycles. The van der Waals surface area contributed by atoms with E-state index in [1.54, 1.807) is 0 Å². The predicted molar refractivity (Wildman–Crippen MR) is 68.8 cm³/mol. The van der Waals surface area contributed by atoms with Gasteiger partial charge in [-0.1, -0.05) is 5.21 Å². The van der Waals surface area contributed by atoms with Crippen LogP contribution in [0.15, 0.2) is 12.4 Å². The van der Waals surface area contributed by atoms with Crippen LogP contribution in [0.5, 0.6) is 0 Å². The summed E-state index contributed by atoms with van der Waals surface area (Å²) in [4.78, 5) is 22.5. The van der Waals surface area contributed by atoms with Gasteiger partial charge in [-0.2, -0.15) is 5.21 Å². The number of rotatable bonds is 4. The summed E-state index contributed by atoms with van der Waals surface area (Å²) in [6.45, 7) is 2.16. The number of carbonyl (C=O) groups excluding carboxylic acids is 1. The van der Waals surface area contributed by atoms with E-state index in [9.17, 15) is 4.79 Å². The molecule has 1 amide bonds. The third-order valence-electron chi connectivity index (χ3n) is 3.09. The van der Waals surface area contributed by atoms with E-state index in [0.29, 0.717) is 17.3 Å². The van der Waals surface area contributed by atoms with Gasteiger partial charge in [0.1, 0.15) is 0 Å². The lowest BCUT2D eigenvalue weighted by Gasteiger charge is -2.14. The summed E-state index contributed by atoms with van der Waals surface area (Å²) in [5, 5.41) is 15.9. The van der Waals surface area contributed by atoms with Crippen LogP contribution < -0.4 is 10.2 Å². The van der Waals surface area contributed by atoms with Gasteiger partial charge in [0.2, 0.25) is 5.95 Å². The van der Waals surface area contributed by atoms with Crippen molar-refractivity contribution in [3.63, 3.8) is 0 Å². The molecular formula is C11H14N8O. The average molecular weight is 274 g/mol. The summed E-state index contributed by atoms with van der Waals surface area (Å²) in [5.74, 6) is 0.841. The molecule has 0 saturated carbocycles. The molecule has 104 valence electrons. The molecule has 0 aliphatic carbocycles. The van der Waals surface area contributed by atoms with Crippen molar-refractivity contribution in [3.05, 3.63) is 23.8 Å². The van der Waals surface area contributed by atoms with Crippen LogP contribution in [0.1, 0.15) is 29.0 Å². The summed E-state index contributed by atoms with van der Waals surface area (Å²) in [7, 11) is 0. The first kappa shape index (κ1) is 12.5. The second-order valence-electron chi connectivity index (χ2n) is 4.48. The monoisotopic (exact) mass is 274 g/mol. The Labute approximate surface area is 114 Å². The molecular weight excluding hydrogens is 260 g/mol. The molecule has 9 heteroatoms. The number of aromatic amines is 1. The number of aromatic nitrogens is 6. The highest BCUT2D eigenvalue weighted by Gasteiger charge is 2.15. The van der Waals surface area contributed by atoms with Crippen molar-refractivity contribution in [2.24, 2.45) is 0 Å². The zero-order valence-electron chi connectivity index (χ0n) is 10.8. The molecule has 2 N–H and O–H groups in total. The molecule has 0 spiro atoms. The Morgan fingerprint density at radius 2 is 2.05 bits per heavy atom. The van der Waals surface area contributed by atoms with Gasteiger partial charge in [0.25, 0.3) is 5.91 Å². The Kier molecular flexibility index (Phi) is 3.48. The lowest BCUT2D eigenvalue weighted by Crippen LogP contribution is -2.25. The first-order valence-corrected chi connectivity index (χ1v) is 6.40. The Balaban J connectivity index is 1.60. The van der Waals surface area contributed by atoms with Crippen molar-refractivity contribution in [1.82, 2.24) is 35.9 Å². The van der Waals surface area contributed by atoms with Gasteiger partial charge in [-0.15, -0.1) is 10.2 Å². The van der Waals surface area contributed by atoms with Crippen LogP contribution >= 0.6 is 0 Å². The van der Waals surface area contributed by atoms with E-state index in [0.717, 1.165) is 25.9 Å². The molecule has 1 saturated heterocycles. The fourth-order valence-electron chi connectivity index (χ4n) is 2.04. The van der Waals surface area contributed by atoms with E-state index in [1.807, 2.05) is 0 Å². The number of anilines is 1. The van der Waals surface area contributed by atoms with Crippen LogP contribution in [-0.2, 0) is 6.54 Å². The minimum absolute atomic E-state index is 0.212. The van der Waals surface area contributed by atoms with Gasteiger partial charge in [-0.05, 0) is 12.8 Å². The number of amides is 1. The second kappa shape index (κ2) is 5.59. The molecule has 0 bridgehead atoms. The zero-order chi connectivity index (χ0) is 13.8. The van der Waals surface area contributed by atoms with Crippen molar-refractivity contribution >= 4 is 11.9 Å². The number of nitrogens with one attached hydrogen (secondary N) is 2. The molecule has 2 aromatic rings. The van der Waals surface area contributed by atoms with E-state index in [2.05, 4.69) is 40.8 Å². The highest BCUT2D eigenvalue weighted by Crippen LogP contribution is 2.14. The molecule has 0 unspecified atom stereocenters. The van der Waals surface area contributed by atoms with Gasteiger partial charge in [0.15, 0.2) is 5.82 Å². The highest BCUT2D eigenvalue weighted by molar-refractivity contribution is 5.93. The molecule has 1 fully saturated rings. The first-order valence-electron chi connectivity index (χ1n) is 6.40. The number of hydrogen-bond donors (Lipinski definition) is 2. The van der Waals surface area contributed by atoms with Crippen LogP contribution in [0.4, 0.5) is 5.95 Å². The van der Waals surface area contributed by atoms with Crippen LogP contribution in [0.2, 0.25) is 0 Å². The number of tetrazole rings is 1. The second-order valence-corrected chi connectivity index (χ2v) is 4.48. The topological polar surface area (TPSA) is 113 Å². The van der Waals surface area contributed by atoms with Gasteiger partial charge in [0, 0.05) is 25.5 Å². The summed E-state index contributed by atoms with van der Waals surface area (Å²) < 4.78 is 0. The largest absolute Gasteiger partial charge is 0.344 e. The molecule has 0 radical (unpaired) electrons. The van der Waals surface area contributed by atoms with Crippen molar-refractivity contribution in [3.8, 4) is 0 Å². The maximum Gasteiger partial charge on any atom is 0.254 e. The first-order chi connectivity index (χ1) is 9.83. The van der Waals surface area contributed by atoms with Gasteiger partial charge in [-0.25, -0.2) is 9.97 Å². The number of carbonyl (C=O) groups is 1. The summed E-state index contributed by atoms with van der Waals surface area (Å²) in [5.41, 5.74) is 0.413. The maximum atomic E-state index is 11.9. The van der Waals surface area contributed by atoms with E-state index >= 15 is 0 Å². The number of hydrogen-bond acceptors (Lipinski definition) is 7. The van der Waals surface area contributed by atoms with E-state index in [4.69, 9.17) is 0 Å². The molecule has 9 nitrogen and oxygen atoms in total. The Bertz CT molecular complexity index is 561. The van der Waals surface area contributed by atoms with Gasteiger partial charge in [-0.3, -0.25) is 4.79 Å². The van der Waals surface area contributed by atoms with Crippen LogP contribution in [0.25, 0.3) is 0 Å². The molecule has 0 atom stereocenters. The lowest BCUT2D eigenvalue weighted by atomic mass is 10.3. The van der Waals surface area contributed by atoms with Crippen molar-refractivity contribution in [2.75, 3.05) is 18.0 Å². The normalized spacial score (nSPS) is 14.5. The number of H-pyrrole nitrogens is 1. The van der Waals surface area contributed by atoms with Crippen molar-refractivity contribution < 1.29 is 4.79 Å². The van der Waals surface area contributed by atoms with Crippen molar-refractivity contribution in [2.45, 2.75) is 19.4 Å². The molecule has 3 rings (SSSR count). The molecule has 2 aromatic heterocycles. The third kappa shape index (κ3) is 2.71. The summed E-state index contributed by atoms with van der Waals surface area (Å²) >= 11 is 0. The van der Waals surface area contributed by atoms with Crippen molar-refractivity contribution in [1.29, 1.82) is 0 Å². The molecule has 1 aliphatic heterocycles. The number of nitrogens with zero attached hydrogens (tertiary/aromatic N) is 6. The molecule has 20 heavy (non-hydrogen) atoms. The Hall–Kier alpha value is -2.58. The van der Waals surface area contributed by atoms with E-state index in [-0.39, 0.29) is 12.5 Å². The minimum Gasteiger partial charge on any atom is -0.344 e. The fraction of sp³-hybridized carbons (Fsp3) is 0.455. The zero-order valence-corrected chi connectivity index (χ0v) is 10.8. The Morgan fingerprint density at radius 1 is 1.30 bits per heavy atom. The average Bonchev–Trinajstić information content (AvgIpc) is 3.18. The molecule has 3 heterocycles. The Morgan fingerprint density at radius 3 is 2.70 bits per heavy atom. The van der Waals surface area contributed by atoms with E-state index in [1.165, 1.54) is 12.4 Å². The lowest BCUT2D eigenvalue weighted by molar-refractivity contribution is 0.0949. The van der Waals surface area contributed by atoms with Crippen LogP contribution in [0.3, 0.4) is 0 Å². The van der Waals surface area contributed by atoms with Gasteiger partial charge < -0.3 is 10.2 Å². The van der Waals surface area contributed by atoms with Crippen LogP contribution in [-0.4, -0.2) is 49.6 Å². The highest BCUT2D eigenvalue weighted by atomic mass is 16.1. The third-order valence-corrected chi connectivity index (χ3v) is 3.09. The van der Waals surface area contributed by atoms with Crippen LogP contribution in [0, 0.1) is 0 Å². The maximum absolute atomic E-state index is 11.9. The SMILES string of the molecule is O=C(NCc1nn[nH]n1)c1cnc(N2CCCC2)nc1.